The largest absolute Gasteiger partial charge is 0.461 e. The topological polar surface area (TPSA) is 65.0 Å². The molecule has 9 heteroatoms. The minimum absolute atomic E-state index is 0.0192. The van der Waals surface area contributed by atoms with Gasteiger partial charge in [0.15, 0.2) is 0 Å². The van der Waals surface area contributed by atoms with Crippen molar-refractivity contribution in [3.05, 3.63) is 53.2 Å². The van der Waals surface area contributed by atoms with Crippen molar-refractivity contribution < 1.29 is 9.53 Å². The standard InChI is InChI=1S/C28H37ClN6O2/c1-4-25(36)33-15-17-34(18-16-33)26-21-11-14-35(24-10-6-5-9-22(24)29)19-23(21)30-27(31-26)37-20-28(32(2)3)12-7-8-13-28/h4-6,9-10H,1,7-8,11-20H2,2-3H3. The molecule has 1 aromatic heterocycles. The van der Waals surface area contributed by atoms with Crippen LogP contribution < -0.4 is 14.5 Å². The summed E-state index contributed by atoms with van der Waals surface area (Å²) in [5.41, 5.74) is 3.20. The van der Waals surface area contributed by atoms with E-state index in [1.54, 1.807) is 0 Å². The Morgan fingerprint density at radius 2 is 1.84 bits per heavy atom. The van der Waals surface area contributed by atoms with E-state index in [0.29, 0.717) is 32.3 Å². The molecule has 2 fully saturated rings. The van der Waals surface area contributed by atoms with Crippen LogP contribution in [-0.2, 0) is 17.8 Å². The van der Waals surface area contributed by atoms with E-state index in [9.17, 15) is 4.79 Å². The lowest BCUT2D eigenvalue weighted by Crippen LogP contribution is -2.49. The number of para-hydroxylation sites is 1. The van der Waals surface area contributed by atoms with Gasteiger partial charge in [-0.15, -0.1) is 0 Å². The monoisotopic (exact) mass is 524 g/mol. The molecular formula is C28H37ClN6O2. The summed E-state index contributed by atoms with van der Waals surface area (Å²) >= 11 is 6.54. The molecule has 1 amide bonds. The first kappa shape index (κ1) is 25.8. The maximum atomic E-state index is 12.1. The Morgan fingerprint density at radius 3 is 2.51 bits per heavy atom. The van der Waals surface area contributed by atoms with Crippen LogP contribution >= 0.6 is 11.6 Å². The summed E-state index contributed by atoms with van der Waals surface area (Å²) in [7, 11) is 4.28. The Morgan fingerprint density at radius 1 is 1.11 bits per heavy atom. The van der Waals surface area contributed by atoms with Gasteiger partial charge in [-0.25, -0.2) is 0 Å². The van der Waals surface area contributed by atoms with Gasteiger partial charge in [-0.1, -0.05) is 43.2 Å². The third kappa shape index (κ3) is 5.27. The van der Waals surface area contributed by atoms with Crippen LogP contribution in [0, 0.1) is 0 Å². The summed E-state index contributed by atoms with van der Waals surface area (Å²) in [6.07, 6.45) is 6.90. The summed E-state index contributed by atoms with van der Waals surface area (Å²) in [4.78, 5) is 30.7. The summed E-state index contributed by atoms with van der Waals surface area (Å²) in [5, 5.41) is 0.744. The zero-order valence-corrected chi connectivity index (χ0v) is 22.7. The lowest BCUT2D eigenvalue weighted by Gasteiger charge is -2.38. The molecule has 1 aromatic carbocycles. The van der Waals surface area contributed by atoms with Crippen molar-refractivity contribution >= 4 is 29.0 Å². The average Bonchev–Trinajstić information content (AvgIpc) is 3.42. The van der Waals surface area contributed by atoms with Crippen molar-refractivity contribution in [1.29, 1.82) is 0 Å². The molecule has 0 bridgehead atoms. The molecule has 3 aliphatic rings. The second-order valence-electron chi connectivity index (χ2n) is 10.5. The Kier molecular flexibility index (Phi) is 7.58. The van der Waals surface area contributed by atoms with Gasteiger partial charge >= 0.3 is 6.01 Å². The van der Waals surface area contributed by atoms with Gasteiger partial charge in [0.05, 0.1) is 28.5 Å². The van der Waals surface area contributed by atoms with Gasteiger partial charge in [0.1, 0.15) is 12.4 Å². The van der Waals surface area contributed by atoms with Gasteiger partial charge in [-0.3, -0.25) is 4.79 Å². The number of amides is 1. The molecular weight excluding hydrogens is 488 g/mol. The summed E-state index contributed by atoms with van der Waals surface area (Å²) in [6.45, 7) is 8.44. The minimum atomic E-state index is -0.0192. The van der Waals surface area contributed by atoms with Gasteiger partial charge in [-0.05, 0) is 51.6 Å². The van der Waals surface area contributed by atoms with Crippen molar-refractivity contribution in [2.45, 2.75) is 44.2 Å². The highest BCUT2D eigenvalue weighted by Crippen LogP contribution is 2.36. The number of ether oxygens (including phenoxy) is 1. The number of halogens is 1. The maximum absolute atomic E-state index is 12.1. The first-order valence-electron chi connectivity index (χ1n) is 13.3. The molecule has 37 heavy (non-hydrogen) atoms. The molecule has 0 spiro atoms. The fraction of sp³-hybridized carbons (Fsp3) is 0.536. The van der Waals surface area contributed by atoms with Gasteiger partial charge in [0, 0.05) is 38.3 Å². The number of anilines is 2. The van der Waals surface area contributed by atoms with E-state index in [1.807, 2.05) is 23.1 Å². The van der Waals surface area contributed by atoms with Crippen LogP contribution in [0.1, 0.15) is 36.9 Å². The fourth-order valence-corrected chi connectivity index (χ4v) is 6.10. The molecule has 0 radical (unpaired) electrons. The number of benzene rings is 1. The SMILES string of the molecule is C=CC(=O)N1CCN(c2nc(OCC3(N(C)C)CCCC3)nc3c2CCN(c2ccccc2Cl)C3)CC1. The van der Waals surface area contributed by atoms with Crippen molar-refractivity contribution in [3.63, 3.8) is 0 Å². The molecule has 2 aliphatic heterocycles. The molecule has 2 aromatic rings. The van der Waals surface area contributed by atoms with Crippen molar-refractivity contribution in [2.75, 3.05) is 63.2 Å². The third-order valence-corrected chi connectivity index (χ3v) is 8.55. The van der Waals surface area contributed by atoms with Crippen LogP contribution in [0.3, 0.4) is 0 Å². The normalized spacial score (nSPS) is 19.2. The number of piperazine rings is 1. The molecule has 0 N–H and O–H groups in total. The van der Waals surface area contributed by atoms with Gasteiger partial charge in [0.2, 0.25) is 5.91 Å². The smallest absolute Gasteiger partial charge is 0.318 e. The first-order valence-corrected chi connectivity index (χ1v) is 13.6. The number of likely N-dealkylation sites (N-methyl/N-ethyl adjacent to an activating group) is 1. The van der Waals surface area contributed by atoms with Gasteiger partial charge in [0.25, 0.3) is 0 Å². The van der Waals surface area contributed by atoms with Crippen LogP contribution in [0.5, 0.6) is 6.01 Å². The molecule has 1 aliphatic carbocycles. The summed E-state index contributed by atoms with van der Waals surface area (Å²) in [6, 6.07) is 8.40. The van der Waals surface area contributed by atoms with E-state index in [2.05, 4.69) is 41.4 Å². The van der Waals surface area contributed by atoms with Crippen LogP contribution in [0.25, 0.3) is 0 Å². The lowest BCUT2D eigenvalue weighted by atomic mass is 9.97. The second-order valence-corrected chi connectivity index (χ2v) is 10.9. The molecule has 1 saturated heterocycles. The maximum Gasteiger partial charge on any atom is 0.318 e. The summed E-state index contributed by atoms with van der Waals surface area (Å²) in [5.74, 6) is 0.921. The van der Waals surface area contributed by atoms with Gasteiger partial charge < -0.3 is 24.3 Å². The van der Waals surface area contributed by atoms with Crippen molar-refractivity contribution in [3.8, 4) is 6.01 Å². The highest BCUT2D eigenvalue weighted by atomic mass is 35.5. The van der Waals surface area contributed by atoms with Crippen LogP contribution in [0.15, 0.2) is 36.9 Å². The minimum Gasteiger partial charge on any atom is -0.461 e. The van der Waals surface area contributed by atoms with E-state index in [0.717, 1.165) is 61.1 Å². The third-order valence-electron chi connectivity index (χ3n) is 8.23. The van der Waals surface area contributed by atoms with Crippen molar-refractivity contribution in [2.24, 2.45) is 0 Å². The molecule has 0 atom stereocenters. The number of hydrogen-bond acceptors (Lipinski definition) is 7. The Hall–Kier alpha value is -2.84. The highest BCUT2D eigenvalue weighted by molar-refractivity contribution is 6.33. The molecule has 8 nitrogen and oxygen atoms in total. The van der Waals surface area contributed by atoms with E-state index in [1.165, 1.54) is 24.5 Å². The number of fused-ring (bicyclic) bond motifs is 1. The van der Waals surface area contributed by atoms with Gasteiger partial charge in [-0.2, -0.15) is 9.97 Å². The van der Waals surface area contributed by atoms with Crippen LogP contribution in [-0.4, -0.2) is 84.6 Å². The van der Waals surface area contributed by atoms with E-state index in [4.69, 9.17) is 26.3 Å². The number of aromatic nitrogens is 2. The number of hydrogen-bond donors (Lipinski definition) is 0. The Balaban J connectivity index is 1.43. The second kappa shape index (κ2) is 10.9. The highest BCUT2D eigenvalue weighted by Gasteiger charge is 2.37. The predicted molar refractivity (Wildman–Crippen MR) is 148 cm³/mol. The molecule has 198 valence electrons. The van der Waals surface area contributed by atoms with Crippen molar-refractivity contribution in [1.82, 2.24) is 19.8 Å². The molecule has 3 heterocycles. The van der Waals surface area contributed by atoms with Crippen LogP contribution in [0.4, 0.5) is 11.5 Å². The summed E-state index contributed by atoms with van der Waals surface area (Å²) < 4.78 is 6.38. The van der Waals surface area contributed by atoms with E-state index in [-0.39, 0.29) is 11.4 Å². The lowest BCUT2D eigenvalue weighted by molar-refractivity contribution is -0.126. The Bertz CT molecular complexity index is 1140. The molecule has 1 saturated carbocycles. The quantitative estimate of drug-likeness (QED) is 0.511. The number of rotatable bonds is 7. The number of carbonyl (C=O) groups is 1. The zero-order chi connectivity index (χ0) is 26.0. The molecule has 0 unspecified atom stereocenters. The van der Waals surface area contributed by atoms with E-state index >= 15 is 0 Å². The van der Waals surface area contributed by atoms with Crippen LogP contribution in [0.2, 0.25) is 5.02 Å². The zero-order valence-electron chi connectivity index (χ0n) is 22.0. The predicted octanol–water partition coefficient (Wildman–Crippen LogP) is 3.78. The van der Waals surface area contributed by atoms with E-state index < -0.39 is 0 Å². The number of nitrogens with zero attached hydrogens (tertiary/aromatic N) is 6. The average molecular weight is 525 g/mol. The first-order chi connectivity index (χ1) is 17.9. The Labute approximate surface area is 224 Å². The molecule has 5 rings (SSSR count). The number of carbonyl (C=O) groups excluding carboxylic acids is 1. The fourth-order valence-electron chi connectivity index (χ4n) is 5.85.